The molecule has 180 valence electrons. The molecule has 4 heteroatoms. The zero-order valence-corrected chi connectivity index (χ0v) is 23.2. The first-order valence-corrected chi connectivity index (χ1v) is 12.1. The van der Waals surface area contributed by atoms with E-state index < -0.39 is 0 Å². The zero-order valence-electron chi connectivity index (χ0n) is 23.2. The van der Waals surface area contributed by atoms with Crippen LogP contribution in [0.3, 0.4) is 0 Å². The summed E-state index contributed by atoms with van der Waals surface area (Å²) in [5, 5.41) is 0. The van der Waals surface area contributed by atoms with Crippen LogP contribution in [-0.4, -0.2) is 20.2 Å². The first-order chi connectivity index (χ1) is 14.8. The van der Waals surface area contributed by atoms with E-state index in [0.717, 1.165) is 28.5 Å². The fourth-order valence-electron chi connectivity index (χ4n) is 4.15. The molecule has 4 nitrogen and oxygen atoms in total. The van der Waals surface area contributed by atoms with Crippen LogP contribution in [0.2, 0.25) is 0 Å². The number of aryl methyl sites for hydroxylation is 1. The maximum Gasteiger partial charge on any atom is 0.143 e. The molecule has 1 N–H and O–H groups in total. The second-order valence-electron chi connectivity index (χ2n) is 13.6. The summed E-state index contributed by atoms with van der Waals surface area (Å²) in [7, 11) is 2.07. The molecule has 0 saturated heterocycles. The van der Waals surface area contributed by atoms with Crippen molar-refractivity contribution in [3.05, 3.63) is 58.6 Å². The van der Waals surface area contributed by atoms with Gasteiger partial charge in [-0.2, -0.15) is 0 Å². The van der Waals surface area contributed by atoms with E-state index >= 15 is 0 Å². The molecule has 0 unspecified atom stereocenters. The van der Waals surface area contributed by atoms with Crippen LogP contribution in [0.1, 0.15) is 106 Å². The number of imidazole rings is 1. The van der Waals surface area contributed by atoms with E-state index in [1.54, 1.807) is 0 Å². The second kappa shape index (κ2) is 7.85. The number of aromatic nitrogens is 3. The highest BCUT2D eigenvalue weighted by Crippen LogP contribution is 2.45. The summed E-state index contributed by atoms with van der Waals surface area (Å²) >= 11 is 0. The summed E-state index contributed by atoms with van der Waals surface area (Å²) in [4.78, 5) is 14.0. The highest BCUT2D eigenvalue weighted by atomic mass is 15.0. The van der Waals surface area contributed by atoms with E-state index in [1.165, 1.54) is 16.8 Å². The number of allylic oxidation sites excluding steroid dienone is 2. The van der Waals surface area contributed by atoms with Gasteiger partial charge >= 0.3 is 0 Å². The maximum atomic E-state index is 5.31. The number of H-pyrrole nitrogens is 1. The zero-order chi connectivity index (χ0) is 25.1. The molecule has 3 rings (SSSR count). The lowest BCUT2D eigenvalue weighted by atomic mass is 9.80. The van der Waals surface area contributed by atoms with Gasteiger partial charge in [-0.05, 0) is 34.1 Å². The Morgan fingerprint density at radius 3 is 1.85 bits per heavy atom. The summed E-state index contributed by atoms with van der Waals surface area (Å²) in [6.45, 7) is 27.2. The molecule has 33 heavy (non-hydrogen) atoms. The van der Waals surface area contributed by atoms with Gasteiger partial charge in [-0.25, -0.2) is 4.98 Å². The van der Waals surface area contributed by atoms with Gasteiger partial charge in [0.2, 0.25) is 0 Å². The van der Waals surface area contributed by atoms with Crippen LogP contribution in [0.4, 0.5) is 0 Å². The molecule has 0 saturated carbocycles. The fourth-order valence-corrected chi connectivity index (χ4v) is 4.15. The minimum absolute atomic E-state index is 0.00781. The Labute approximate surface area is 201 Å². The van der Waals surface area contributed by atoms with Gasteiger partial charge in [-0.1, -0.05) is 83.1 Å². The first kappa shape index (κ1) is 25.3. The van der Waals surface area contributed by atoms with E-state index in [4.69, 9.17) is 9.98 Å². The van der Waals surface area contributed by atoms with Crippen LogP contribution in [0.15, 0.2) is 40.8 Å². The minimum atomic E-state index is -0.0520. The van der Waals surface area contributed by atoms with Crippen LogP contribution < -0.4 is 0 Å². The number of hydrogen-bond acceptors (Lipinski definition) is 2. The third-order valence-electron chi connectivity index (χ3n) is 6.31. The molecule has 2 aromatic heterocycles. The average Bonchev–Trinajstić information content (AvgIpc) is 3.32. The molecule has 0 aromatic carbocycles. The smallest absolute Gasteiger partial charge is 0.143 e. The average molecular weight is 449 g/mol. The largest absolute Gasteiger partial charge is 0.358 e. The van der Waals surface area contributed by atoms with Crippen LogP contribution >= 0.6 is 0 Å². The van der Waals surface area contributed by atoms with Crippen LogP contribution in [0.5, 0.6) is 0 Å². The lowest BCUT2D eigenvalue weighted by molar-refractivity contribution is 0.512. The van der Waals surface area contributed by atoms with Crippen molar-refractivity contribution in [3.8, 4) is 0 Å². The van der Waals surface area contributed by atoms with Crippen molar-refractivity contribution in [3.63, 3.8) is 0 Å². The highest BCUT2D eigenvalue weighted by molar-refractivity contribution is 6.05. The summed E-state index contributed by atoms with van der Waals surface area (Å²) in [6, 6.07) is 2.35. The van der Waals surface area contributed by atoms with Crippen LogP contribution in [-0.2, 0) is 17.9 Å². The summed E-state index contributed by atoms with van der Waals surface area (Å²) in [6.07, 6.45) is 6.21. The SMILES string of the molecule is Cn1ccnc1C(=C1N=C(C(C)(C)C)C=C1C(C)(C)C)c1[nH]c(C(C)(C)C)cc1C(C)(C)C. The third kappa shape index (κ3) is 4.95. The van der Waals surface area contributed by atoms with Gasteiger partial charge in [0.25, 0.3) is 0 Å². The second-order valence-corrected chi connectivity index (χ2v) is 13.6. The number of hydrogen-bond donors (Lipinski definition) is 1. The van der Waals surface area contributed by atoms with Gasteiger partial charge in [-0.15, -0.1) is 0 Å². The van der Waals surface area contributed by atoms with E-state index in [2.05, 4.69) is 112 Å². The monoisotopic (exact) mass is 448 g/mol. The molecule has 0 bridgehead atoms. The van der Waals surface area contributed by atoms with E-state index in [0.29, 0.717) is 0 Å². The molecule has 2 aromatic rings. The number of nitrogens with zero attached hydrogens (tertiary/aromatic N) is 3. The first-order valence-electron chi connectivity index (χ1n) is 12.1. The van der Waals surface area contributed by atoms with Gasteiger partial charge < -0.3 is 9.55 Å². The van der Waals surface area contributed by atoms with E-state index in [1.807, 2.05) is 12.4 Å². The quantitative estimate of drug-likeness (QED) is 0.506. The molecule has 0 spiro atoms. The van der Waals surface area contributed by atoms with Gasteiger partial charge in [-0.3, -0.25) is 4.99 Å². The standard InChI is InChI=1S/C29H44N4/c1-26(2,3)18-16-20(28(7,8)9)31-23(18)22(25-30-14-15-33(25)13)24-19(27(4,5)6)17-21(32-24)29(10,11)12/h14-17,31H,1-13H3. The van der Waals surface area contributed by atoms with Crippen LogP contribution in [0.25, 0.3) is 5.57 Å². The van der Waals surface area contributed by atoms with E-state index in [9.17, 15) is 0 Å². The number of aromatic amines is 1. The third-order valence-corrected chi connectivity index (χ3v) is 6.31. The minimum Gasteiger partial charge on any atom is -0.358 e. The molecule has 1 aliphatic heterocycles. The van der Waals surface area contributed by atoms with Gasteiger partial charge in [0, 0.05) is 41.7 Å². The molecular formula is C29H44N4. The van der Waals surface area contributed by atoms with Crippen molar-refractivity contribution in [2.75, 3.05) is 0 Å². The molecule has 0 radical (unpaired) electrons. The Bertz CT molecular complexity index is 1130. The van der Waals surface area contributed by atoms with Crippen molar-refractivity contribution in [2.24, 2.45) is 22.9 Å². The molecule has 0 amide bonds. The normalized spacial score (nSPS) is 17.4. The molecule has 1 aliphatic rings. The van der Waals surface area contributed by atoms with Crippen LogP contribution in [0, 0.1) is 10.8 Å². The summed E-state index contributed by atoms with van der Waals surface area (Å²) in [5.74, 6) is 0.937. The Kier molecular flexibility index (Phi) is 6.01. The maximum absolute atomic E-state index is 5.31. The molecule has 0 fully saturated rings. The molecule has 3 heterocycles. The fraction of sp³-hybridized carbons (Fsp3) is 0.586. The number of aliphatic imine (C=N–C) groups is 1. The Hall–Kier alpha value is -2.36. The van der Waals surface area contributed by atoms with Crippen molar-refractivity contribution in [1.29, 1.82) is 0 Å². The van der Waals surface area contributed by atoms with Crippen molar-refractivity contribution < 1.29 is 0 Å². The van der Waals surface area contributed by atoms with Gasteiger partial charge in [0.1, 0.15) is 5.82 Å². The highest BCUT2D eigenvalue weighted by Gasteiger charge is 2.36. The summed E-state index contributed by atoms with van der Waals surface area (Å²) < 4.78 is 2.11. The Morgan fingerprint density at radius 2 is 1.42 bits per heavy atom. The van der Waals surface area contributed by atoms with Gasteiger partial charge in [0.15, 0.2) is 0 Å². The predicted molar refractivity (Wildman–Crippen MR) is 142 cm³/mol. The Morgan fingerprint density at radius 1 is 0.818 bits per heavy atom. The number of nitrogens with one attached hydrogen (secondary N) is 1. The molecule has 0 atom stereocenters. The van der Waals surface area contributed by atoms with Crippen molar-refractivity contribution >= 4 is 11.3 Å². The summed E-state index contributed by atoms with van der Waals surface area (Å²) in [5.41, 5.74) is 8.05. The lowest BCUT2D eigenvalue weighted by Gasteiger charge is -2.25. The predicted octanol–water partition coefficient (Wildman–Crippen LogP) is 7.58. The molecular weight excluding hydrogens is 404 g/mol. The lowest BCUT2D eigenvalue weighted by Crippen LogP contribution is -2.17. The Balaban J connectivity index is 2.50. The van der Waals surface area contributed by atoms with Gasteiger partial charge in [0.05, 0.1) is 17.0 Å². The van der Waals surface area contributed by atoms with E-state index in [-0.39, 0.29) is 21.7 Å². The molecule has 0 aliphatic carbocycles. The number of rotatable bonds is 2. The topological polar surface area (TPSA) is 46.0 Å². The van der Waals surface area contributed by atoms with Crippen molar-refractivity contribution in [1.82, 2.24) is 14.5 Å². The van der Waals surface area contributed by atoms with Crippen molar-refractivity contribution in [2.45, 2.75) is 93.9 Å².